The van der Waals surface area contributed by atoms with Crippen LogP contribution in [0.2, 0.25) is 0 Å². The average Bonchev–Trinajstić information content (AvgIpc) is 2.84. The lowest BCUT2D eigenvalue weighted by molar-refractivity contribution is -0.137. The van der Waals surface area contributed by atoms with Crippen LogP contribution in [0, 0.1) is 11.3 Å². The lowest BCUT2D eigenvalue weighted by atomic mass is 10.1. The summed E-state index contributed by atoms with van der Waals surface area (Å²) in [6, 6.07) is 5.70. The van der Waals surface area contributed by atoms with Crippen LogP contribution in [0.5, 0.6) is 0 Å². The van der Waals surface area contributed by atoms with Crippen molar-refractivity contribution in [3.63, 3.8) is 0 Å². The molecule has 1 heterocycles. The number of nitrogens with one attached hydrogen (secondary N) is 2. The minimum atomic E-state index is -4.54. The molecule has 0 saturated carbocycles. The van der Waals surface area contributed by atoms with Crippen LogP contribution in [0.3, 0.4) is 0 Å². The number of amides is 1. The van der Waals surface area contributed by atoms with E-state index in [1.807, 2.05) is 0 Å². The van der Waals surface area contributed by atoms with E-state index in [2.05, 4.69) is 26.2 Å². The zero-order valence-corrected chi connectivity index (χ0v) is 11.8. The number of aromatic amines is 1. The Hall–Kier alpha value is -2.27. The third-order valence-corrected chi connectivity index (χ3v) is 3.07. The standard InChI is InChI=1S/C13H7BrF3N3O/c14-9-4-11(19-6-9)12(21)20-10-2-1-8(13(15,16)17)3-7(10)5-18/h1-4,6,19H,(H,20,21). The van der Waals surface area contributed by atoms with E-state index in [-0.39, 0.29) is 16.9 Å². The number of carbonyl (C=O) groups excluding carboxylic acids is 1. The molecule has 1 amide bonds. The molecule has 0 aliphatic heterocycles. The lowest BCUT2D eigenvalue weighted by Gasteiger charge is -2.10. The summed E-state index contributed by atoms with van der Waals surface area (Å²) in [5, 5.41) is 11.3. The van der Waals surface area contributed by atoms with Gasteiger partial charge in [-0.3, -0.25) is 4.79 Å². The van der Waals surface area contributed by atoms with E-state index in [1.54, 1.807) is 6.07 Å². The molecule has 0 saturated heterocycles. The van der Waals surface area contributed by atoms with Gasteiger partial charge in [-0.15, -0.1) is 0 Å². The highest BCUT2D eigenvalue weighted by molar-refractivity contribution is 9.10. The van der Waals surface area contributed by atoms with E-state index in [4.69, 9.17) is 5.26 Å². The van der Waals surface area contributed by atoms with Crippen LogP contribution < -0.4 is 5.32 Å². The molecule has 2 N–H and O–H groups in total. The summed E-state index contributed by atoms with van der Waals surface area (Å²) in [5.41, 5.74) is -0.977. The van der Waals surface area contributed by atoms with Gasteiger partial charge in [-0.05, 0) is 40.2 Å². The van der Waals surface area contributed by atoms with Crippen molar-refractivity contribution >= 4 is 27.5 Å². The molecule has 2 aromatic rings. The van der Waals surface area contributed by atoms with Crippen molar-refractivity contribution in [3.05, 3.63) is 51.8 Å². The van der Waals surface area contributed by atoms with Crippen LogP contribution in [0.1, 0.15) is 21.6 Å². The van der Waals surface area contributed by atoms with E-state index in [0.717, 1.165) is 12.1 Å². The number of carbonyl (C=O) groups is 1. The third-order valence-electron chi connectivity index (χ3n) is 2.61. The van der Waals surface area contributed by atoms with Crippen molar-refractivity contribution in [1.29, 1.82) is 5.26 Å². The van der Waals surface area contributed by atoms with Crippen molar-refractivity contribution < 1.29 is 18.0 Å². The van der Waals surface area contributed by atoms with Gasteiger partial charge in [0.1, 0.15) is 11.8 Å². The number of alkyl halides is 3. The van der Waals surface area contributed by atoms with Crippen molar-refractivity contribution in [2.75, 3.05) is 5.32 Å². The summed E-state index contributed by atoms with van der Waals surface area (Å²) in [6.07, 6.45) is -3.01. The van der Waals surface area contributed by atoms with Gasteiger partial charge in [0.05, 0.1) is 16.8 Å². The Morgan fingerprint density at radius 2 is 2.05 bits per heavy atom. The van der Waals surface area contributed by atoms with Crippen molar-refractivity contribution in [1.82, 2.24) is 4.98 Å². The molecule has 8 heteroatoms. The van der Waals surface area contributed by atoms with Crippen LogP contribution in [-0.2, 0) is 6.18 Å². The summed E-state index contributed by atoms with van der Waals surface area (Å²) in [5.74, 6) is -0.558. The fourth-order valence-electron chi connectivity index (χ4n) is 1.61. The van der Waals surface area contributed by atoms with Gasteiger partial charge in [0, 0.05) is 10.7 Å². The number of hydrogen-bond acceptors (Lipinski definition) is 2. The van der Waals surface area contributed by atoms with Crippen molar-refractivity contribution in [2.45, 2.75) is 6.18 Å². The molecular weight excluding hydrogens is 351 g/mol. The maximum atomic E-state index is 12.6. The molecular formula is C13H7BrF3N3O. The minimum absolute atomic E-state index is 0.0150. The van der Waals surface area contributed by atoms with Gasteiger partial charge in [-0.1, -0.05) is 0 Å². The second-order valence-corrected chi connectivity index (χ2v) is 4.97. The summed E-state index contributed by atoms with van der Waals surface area (Å²) in [4.78, 5) is 14.6. The summed E-state index contributed by atoms with van der Waals surface area (Å²) in [7, 11) is 0. The number of benzene rings is 1. The van der Waals surface area contributed by atoms with Crippen LogP contribution in [-0.4, -0.2) is 10.9 Å². The number of aromatic nitrogens is 1. The first-order valence-corrected chi connectivity index (χ1v) is 6.37. The fraction of sp³-hybridized carbons (Fsp3) is 0.0769. The summed E-state index contributed by atoms with van der Waals surface area (Å²) in [6.45, 7) is 0. The molecule has 21 heavy (non-hydrogen) atoms. The number of anilines is 1. The van der Waals surface area contributed by atoms with Gasteiger partial charge in [-0.2, -0.15) is 18.4 Å². The molecule has 0 bridgehead atoms. The van der Waals surface area contributed by atoms with Gasteiger partial charge in [0.15, 0.2) is 0 Å². The zero-order chi connectivity index (χ0) is 15.6. The van der Waals surface area contributed by atoms with Crippen LogP contribution in [0.4, 0.5) is 18.9 Å². The molecule has 0 spiro atoms. The first kappa shape index (κ1) is 15.1. The summed E-state index contributed by atoms with van der Waals surface area (Å²) >= 11 is 3.16. The molecule has 0 aliphatic carbocycles. The van der Waals surface area contributed by atoms with E-state index in [9.17, 15) is 18.0 Å². The van der Waals surface area contributed by atoms with Gasteiger partial charge < -0.3 is 10.3 Å². The predicted octanol–water partition coefficient (Wildman–Crippen LogP) is 3.92. The maximum Gasteiger partial charge on any atom is 0.416 e. The lowest BCUT2D eigenvalue weighted by Crippen LogP contribution is -2.14. The third kappa shape index (κ3) is 3.44. The van der Waals surface area contributed by atoms with E-state index in [0.29, 0.717) is 10.5 Å². The topological polar surface area (TPSA) is 68.7 Å². The molecule has 2 rings (SSSR count). The number of nitriles is 1. The average molecular weight is 358 g/mol. The zero-order valence-electron chi connectivity index (χ0n) is 10.3. The monoisotopic (exact) mass is 357 g/mol. The van der Waals surface area contributed by atoms with E-state index < -0.39 is 17.6 Å². The van der Waals surface area contributed by atoms with Crippen LogP contribution in [0.25, 0.3) is 0 Å². The molecule has 4 nitrogen and oxygen atoms in total. The Labute approximate surface area is 125 Å². The second kappa shape index (κ2) is 5.61. The molecule has 0 atom stereocenters. The normalized spacial score (nSPS) is 11.0. The molecule has 108 valence electrons. The Morgan fingerprint density at radius 3 is 2.57 bits per heavy atom. The largest absolute Gasteiger partial charge is 0.416 e. The molecule has 0 fully saturated rings. The Balaban J connectivity index is 2.29. The second-order valence-electron chi connectivity index (χ2n) is 4.06. The summed E-state index contributed by atoms with van der Waals surface area (Å²) < 4.78 is 38.3. The number of rotatable bonds is 2. The van der Waals surface area contributed by atoms with Crippen molar-refractivity contribution in [2.24, 2.45) is 0 Å². The highest BCUT2D eigenvalue weighted by Crippen LogP contribution is 2.31. The van der Waals surface area contributed by atoms with E-state index in [1.165, 1.54) is 12.3 Å². The molecule has 1 aromatic heterocycles. The number of hydrogen-bond donors (Lipinski definition) is 2. The first-order valence-electron chi connectivity index (χ1n) is 5.58. The molecule has 0 radical (unpaired) electrons. The van der Waals surface area contributed by atoms with Crippen molar-refractivity contribution in [3.8, 4) is 6.07 Å². The SMILES string of the molecule is N#Cc1cc(C(F)(F)F)ccc1NC(=O)c1cc(Br)c[nH]1. The molecule has 0 unspecified atom stereocenters. The quantitative estimate of drug-likeness (QED) is 0.855. The Kier molecular flexibility index (Phi) is 4.04. The van der Waals surface area contributed by atoms with Crippen LogP contribution in [0.15, 0.2) is 34.9 Å². The predicted molar refractivity (Wildman–Crippen MR) is 72.6 cm³/mol. The Morgan fingerprint density at radius 1 is 1.33 bits per heavy atom. The number of H-pyrrole nitrogens is 1. The van der Waals surface area contributed by atoms with Gasteiger partial charge in [0.2, 0.25) is 0 Å². The number of nitrogens with zero attached hydrogens (tertiary/aromatic N) is 1. The van der Waals surface area contributed by atoms with E-state index >= 15 is 0 Å². The van der Waals surface area contributed by atoms with Gasteiger partial charge in [-0.25, -0.2) is 0 Å². The Bertz CT molecular complexity index is 731. The van der Waals surface area contributed by atoms with Gasteiger partial charge in [0.25, 0.3) is 5.91 Å². The maximum absolute atomic E-state index is 12.6. The highest BCUT2D eigenvalue weighted by atomic mass is 79.9. The van der Waals surface area contributed by atoms with Crippen LogP contribution >= 0.6 is 15.9 Å². The number of halogens is 4. The minimum Gasteiger partial charge on any atom is -0.356 e. The highest BCUT2D eigenvalue weighted by Gasteiger charge is 2.31. The smallest absolute Gasteiger partial charge is 0.356 e. The fourth-order valence-corrected chi connectivity index (χ4v) is 1.95. The molecule has 0 aliphatic rings. The first-order chi connectivity index (χ1) is 9.81. The van der Waals surface area contributed by atoms with Gasteiger partial charge >= 0.3 is 6.18 Å². The molecule has 1 aromatic carbocycles.